The highest BCUT2D eigenvalue weighted by Gasteiger charge is 2.63. The van der Waals surface area contributed by atoms with Gasteiger partial charge in [-0.25, -0.2) is 9.59 Å². The average Bonchev–Trinajstić information content (AvgIpc) is 3.40. The summed E-state index contributed by atoms with van der Waals surface area (Å²) in [6.45, 7) is 2.87. The third-order valence-corrected chi connectivity index (χ3v) is 7.89. The first-order chi connectivity index (χ1) is 18.1. The Labute approximate surface area is 218 Å². The molecule has 12 nitrogen and oxygen atoms in total. The molecule has 1 aromatic heterocycles. The number of aromatic nitrogens is 2. The van der Waals surface area contributed by atoms with Gasteiger partial charge in [0.2, 0.25) is 17.7 Å². The smallest absolute Gasteiger partial charge is 0.332 e. The van der Waals surface area contributed by atoms with Crippen LogP contribution in [0, 0.1) is 5.41 Å². The standard InChI is InChI=1S/C26H30N6O6/c1-4-5-10-32-21(34)17(20(33)28-24(32)37)14-27-16-8-9-18-15(12-16)13-26(19-7-6-11-31(18)19)22(35)29(2)25(38)30(3)23(26)36/h8-9,12,14,19,34H,4-7,10-11,13H2,1-3H3,(H,28,33,37)/t19-/m1/s1. The molecule has 3 aliphatic heterocycles. The molecule has 4 amide bonds. The van der Waals surface area contributed by atoms with Gasteiger partial charge < -0.3 is 10.0 Å². The number of urea groups is 1. The highest BCUT2D eigenvalue weighted by molar-refractivity contribution is 6.20. The molecule has 4 heterocycles. The van der Waals surface area contributed by atoms with Crippen LogP contribution < -0.4 is 16.1 Å². The summed E-state index contributed by atoms with van der Waals surface area (Å²) in [7, 11) is 2.80. The van der Waals surface area contributed by atoms with Crippen LogP contribution in [0.5, 0.6) is 5.88 Å². The first kappa shape index (κ1) is 25.4. The van der Waals surface area contributed by atoms with E-state index in [0.29, 0.717) is 25.1 Å². The normalized spacial score (nSPS) is 20.6. The summed E-state index contributed by atoms with van der Waals surface area (Å²) in [6.07, 6.45) is 4.22. The molecule has 5 rings (SSSR count). The van der Waals surface area contributed by atoms with Crippen molar-refractivity contribution in [3.8, 4) is 5.88 Å². The number of rotatable bonds is 5. The molecule has 0 bridgehead atoms. The number of nitrogens with one attached hydrogen (secondary N) is 1. The number of benzene rings is 1. The Balaban J connectivity index is 1.54. The number of unbranched alkanes of at least 4 members (excludes halogenated alkanes) is 1. The molecule has 200 valence electrons. The summed E-state index contributed by atoms with van der Waals surface area (Å²) in [4.78, 5) is 74.7. The summed E-state index contributed by atoms with van der Waals surface area (Å²) < 4.78 is 1.10. The molecule has 38 heavy (non-hydrogen) atoms. The zero-order valence-electron chi connectivity index (χ0n) is 21.6. The molecule has 1 spiro atoms. The van der Waals surface area contributed by atoms with E-state index in [-0.39, 0.29) is 24.6 Å². The van der Waals surface area contributed by atoms with Gasteiger partial charge >= 0.3 is 11.7 Å². The average molecular weight is 523 g/mol. The number of aromatic hydroxyl groups is 1. The summed E-state index contributed by atoms with van der Waals surface area (Å²) >= 11 is 0. The van der Waals surface area contributed by atoms with E-state index < -0.39 is 40.4 Å². The van der Waals surface area contributed by atoms with E-state index in [1.165, 1.54) is 20.3 Å². The zero-order valence-corrected chi connectivity index (χ0v) is 21.6. The molecule has 2 N–H and O–H groups in total. The highest BCUT2D eigenvalue weighted by Crippen LogP contribution is 2.49. The van der Waals surface area contributed by atoms with Crippen LogP contribution in [0.1, 0.15) is 43.7 Å². The lowest BCUT2D eigenvalue weighted by molar-refractivity contribution is -0.159. The maximum Gasteiger partial charge on any atom is 0.332 e. The van der Waals surface area contributed by atoms with E-state index in [9.17, 15) is 29.1 Å². The van der Waals surface area contributed by atoms with Gasteiger partial charge in [-0.05, 0) is 49.4 Å². The molecular weight excluding hydrogens is 492 g/mol. The molecular formula is C26H30N6O6. The van der Waals surface area contributed by atoms with Crippen molar-refractivity contribution >= 4 is 35.4 Å². The fourth-order valence-electron chi connectivity index (χ4n) is 5.94. The fourth-order valence-corrected chi connectivity index (χ4v) is 5.94. The van der Waals surface area contributed by atoms with Crippen molar-refractivity contribution < 1.29 is 19.5 Å². The molecule has 1 atom stereocenters. The lowest BCUT2D eigenvalue weighted by Gasteiger charge is -2.50. The zero-order chi connectivity index (χ0) is 27.4. The fraction of sp³-hybridized carbons (Fsp3) is 0.462. The lowest BCUT2D eigenvalue weighted by Crippen LogP contribution is -2.70. The summed E-state index contributed by atoms with van der Waals surface area (Å²) in [5.41, 5.74) is -0.949. The van der Waals surface area contributed by atoms with Crippen molar-refractivity contribution in [2.24, 2.45) is 10.4 Å². The van der Waals surface area contributed by atoms with E-state index in [1.54, 1.807) is 12.1 Å². The van der Waals surface area contributed by atoms with Crippen molar-refractivity contribution in [3.63, 3.8) is 0 Å². The van der Waals surface area contributed by atoms with Crippen molar-refractivity contribution in [1.82, 2.24) is 19.4 Å². The topological polar surface area (TPSA) is 148 Å². The second-order valence-electron chi connectivity index (χ2n) is 10.1. The van der Waals surface area contributed by atoms with Crippen LogP contribution in [0.25, 0.3) is 0 Å². The van der Waals surface area contributed by atoms with Crippen LogP contribution in [0.2, 0.25) is 0 Å². The Hall–Kier alpha value is -4.22. The van der Waals surface area contributed by atoms with Crippen molar-refractivity contribution in [2.45, 2.75) is 51.6 Å². The monoisotopic (exact) mass is 522 g/mol. The number of barbiturate groups is 1. The van der Waals surface area contributed by atoms with Crippen LogP contribution >= 0.6 is 0 Å². The molecule has 2 fully saturated rings. The van der Waals surface area contributed by atoms with Crippen LogP contribution in [0.3, 0.4) is 0 Å². The van der Waals surface area contributed by atoms with Gasteiger partial charge in [-0.3, -0.25) is 38.7 Å². The highest BCUT2D eigenvalue weighted by atomic mass is 16.3. The van der Waals surface area contributed by atoms with E-state index in [1.807, 2.05) is 13.0 Å². The minimum Gasteiger partial charge on any atom is -0.494 e. The van der Waals surface area contributed by atoms with Crippen LogP contribution in [-0.2, 0) is 22.6 Å². The predicted octanol–water partition coefficient (Wildman–Crippen LogP) is 1.35. The lowest BCUT2D eigenvalue weighted by atomic mass is 9.68. The first-order valence-corrected chi connectivity index (χ1v) is 12.7. The molecule has 12 heteroatoms. The van der Waals surface area contributed by atoms with Gasteiger partial charge in [-0.15, -0.1) is 0 Å². The number of nitrogens with zero attached hydrogens (tertiary/aromatic N) is 5. The first-order valence-electron chi connectivity index (χ1n) is 12.7. The van der Waals surface area contributed by atoms with Crippen molar-refractivity contribution in [2.75, 3.05) is 25.5 Å². The Morgan fingerprint density at radius 3 is 2.53 bits per heavy atom. The molecule has 2 aromatic rings. The van der Waals surface area contributed by atoms with Gasteiger partial charge in [0.15, 0.2) is 5.41 Å². The minimum absolute atomic E-state index is 0.111. The van der Waals surface area contributed by atoms with Crippen molar-refractivity contribution in [3.05, 3.63) is 50.2 Å². The Kier molecular flexibility index (Phi) is 6.20. The van der Waals surface area contributed by atoms with E-state index in [2.05, 4.69) is 14.9 Å². The van der Waals surface area contributed by atoms with E-state index >= 15 is 0 Å². The quantitative estimate of drug-likeness (QED) is 0.445. The minimum atomic E-state index is -1.42. The second kappa shape index (κ2) is 9.26. The van der Waals surface area contributed by atoms with Crippen molar-refractivity contribution in [1.29, 1.82) is 0 Å². The summed E-state index contributed by atoms with van der Waals surface area (Å²) in [5, 5.41) is 10.6. The Morgan fingerprint density at radius 2 is 1.84 bits per heavy atom. The van der Waals surface area contributed by atoms with Crippen LogP contribution in [-0.4, -0.2) is 75.2 Å². The summed E-state index contributed by atoms with van der Waals surface area (Å²) in [5.74, 6) is -1.47. The Morgan fingerprint density at radius 1 is 1.13 bits per heavy atom. The summed E-state index contributed by atoms with van der Waals surface area (Å²) in [6, 6.07) is 4.37. The maximum absolute atomic E-state index is 13.5. The van der Waals surface area contributed by atoms with Gasteiger partial charge in [-0.2, -0.15) is 0 Å². The molecule has 0 radical (unpaired) electrons. The maximum atomic E-state index is 13.5. The number of amides is 4. The molecule has 3 aliphatic rings. The number of aromatic amines is 1. The Bertz CT molecular complexity index is 1470. The molecule has 1 aromatic carbocycles. The third-order valence-electron chi connectivity index (χ3n) is 7.89. The number of imide groups is 2. The SMILES string of the molecule is CCCCn1c(O)c(C=Nc2ccc3c(c2)CC2(C(=O)N(C)C(=O)N(C)C2=O)[C@H]2CCCN32)c(=O)[nH]c1=O. The second-order valence-corrected chi connectivity index (χ2v) is 10.1. The number of carbonyl (C=O) groups is 3. The molecule has 0 unspecified atom stereocenters. The number of fused-ring (bicyclic) bond motifs is 4. The van der Waals surface area contributed by atoms with E-state index in [0.717, 1.165) is 38.5 Å². The molecule has 2 saturated heterocycles. The number of carbonyl (C=O) groups excluding carboxylic acids is 3. The molecule has 0 aliphatic carbocycles. The number of H-pyrrole nitrogens is 1. The van der Waals surface area contributed by atoms with E-state index in [4.69, 9.17) is 0 Å². The van der Waals surface area contributed by atoms with Gasteiger partial charge in [0.05, 0.1) is 11.7 Å². The van der Waals surface area contributed by atoms with Gasteiger partial charge in [0.25, 0.3) is 5.56 Å². The van der Waals surface area contributed by atoms with Gasteiger partial charge in [-0.1, -0.05) is 13.3 Å². The third kappa shape index (κ3) is 3.65. The molecule has 0 saturated carbocycles. The largest absolute Gasteiger partial charge is 0.494 e. The number of anilines is 1. The number of hydrogen-bond donors (Lipinski definition) is 2. The predicted molar refractivity (Wildman–Crippen MR) is 139 cm³/mol. The van der Waals surface area contributed by atoms with Gasteiger partial charge in [0.1, 0.15) is 5.56 Å². The van der Waals surface area contributed by atoms with Gasteiger partial charge in [0, 0.05) is 39.1 Å². The van der Waals surface area contributed by atoms with Crippen LogP contribution in [0.15, 0.2) is 32.8 Å². The number of hydrogen-bond acceptors (Lipinski definition) is 8. The van der Waals surface area contributed by atoms with Crippen LogP contribution in [0.4, 0.5) is 16.2 Å². The number of aliphatic imine (C=N–C) groups is 1.